The molecule has 1 aliphatic heterocycles. The number of nitrogen functional groups attached to an aromatic ring is 1. The Balaban J connectivity index is 1.50. The number of nitrogens with two attached hydrogens (primary N) is 1. The number of hydrogen-bond donors (Lipinski definition) is 2. The van der Waals surface area contributed by atoms with Gasteiger partial charge < -0.3 is 10.5 Å². The number of anilines is 1. The van der Waals surface area contributed by atoms with Crippen LogP contribution < -0.4 is 5.73 Å². The van der Waals surface area contributed by atoms with Gasteiger partial charge in [0.1, 0.15) is 6.10 Å². The molecule has 6 nitrogen and oxygen atoms in total. The van der Waals surface area contributed by atoms with Gasteiger partial charge in [-0.2, -0.15) is 5.10 Å². The molecule has 0 radical (unpaired) electrons. The first-order valence-corrected chi connectivity index (χ1v) is 8.85. The highest BCUT2D eigenvalue weighted by Crippen LogP contribution is 2.26. The van der Waals surface area contributed by atoms with Crippen molar-refractivity contribution < 1.29 is 4.74 Å². The zero-order valence-corrected chi connectivity index (χ0v) is 14.9. The summed E-state index contributed by atoms with van der Waals surface area (Å²) < 4.78 is 5.96. The molecule has 0 aliphatic carbocycles. The van der Waals surface area contributed by atoms with E-state index in [0.29, 0.717) is 6.61 Å². The fourth-order valence-corrected chi connectivity index (χ4v) is 3.44. The standard InChI is InChI=1S/C20H23N5O/c1-14-9-17(21)10-18(23-14)19-13-25(7-8-26-19)12-16-11-22-24-20(16)15-5-3-2-4-6-15/h2-6,9-11,19H,7-8,12-13H2,1H3,(H2,21,23)(H,22,24)/t19-/m0/s1. The normalized spacial score (nSPS) is 18.1. The first kappa shape index (κ1) is 16.8. The lowest BCUT2D eigenvalue weighted by Gasteiger charge is -2.32. The Morgan fingerprint density at radius 1 is 1.27 bits per heavy atom. The Morgan fingerprint density at radius 3 is 2.92 bits per heavy atom. The van der Waals surface area contributed by atoms with Gasteiger partial charge in [-0.05, 0) is 24.6 Å². The number of aromatic amines is 1. The summed E-state index contributed by atoms with van der Waals surface area (Å²) in [5.74, 6) is 0. The van der Waals surface area contributed by atoms with Gasteiger partial charge in [0.05, 0.1) is 24.2 Å². The van der Waals surface area contributed by atoms with Crippen LogP contribution in [0.5, 0.6) is 0 Å². The molecule has 26 heavy (non-hydrogen) atoms. The molecule has 1 aromatic carbocycles. The second-order valence-electron chi connectivity index (χ2n) is 6.70. The summed E-state index contributed by atoms with van der Waals surface area (Å²) in [7, 11) is 0. The molecule has 0 unspecified atom stereocenters. The van der Waals surface area contributed by atoms with Crippen molar-refractivity contribution in [2.45, 2.75) is 19.6 Å². The number of hydrogen-bond acceptors (Lipinski definition) is 5. The zero-order chi connectivity index (χ0) is 17.9. The molecule has 3 N–H and O–H groups in total. The van der Waals surface area contributed by atoms with E-state index in [1.165, 1.54) is 5.56 Å². The van der Waals surface area contributed by atoms with E-state index < -0.39 is 0 Å². The van der Waals surface area contributed by atoms with E-state index in [0.717, 1.165) is 48.0 Å². The third kappa shape index (κ3) is 3.61. The number of H-pyrrole nitrogens is 1. The number of rotatable bonds is 4. The summed E-state index contributed by atoms with van der Waals surface area (Å²) >= 11 is 0. The van der Waals surface area contributed by atoms with Gasteiger partial charge >= 0.3 is 0 Å². The third-order valence-corrected chi connectivity index (χ3v) is 4.65. The molecule has 0 bridgehead atoms. The number of nitrogens with one attached hydrogen (secondary N) is 1. The van der Waals surface area contributed by atoms with Gasteiger partial charge in [0, 0.05) is 36.6 Å². The lowest BCUT2D eigenvalue weighted by Crippen LogP contribution is -2.38. The molecule has 1 atom stereocenters. The molecule has 0 saturated carbocycles. The van der Waals surface area contributed by atoms with Gasteiger partial charge in [0.25, 0.3) is 0 Å². The Bertz CT molecular complexity index is 857. The molecule has 2 aromatic heterocycles. The number of nitrogens with zero attached hydrogens (tertiary/aromatic N) is 3. The smallest absolute Gasteiger partial charge is 0.112 e. The topological polar surface area (TPSA) is 80.1 Å². The predicted octanol–water partition coefficient (Wildman–Crippen LogP) is 2.94. The van der Waals surface area contributed by atoms with Gasteiger partial charge in [0.15, 0.2) is 0 Å². The number of morpholine rings is 1. The maximum Gasteiger partial charge on any atom is 0.112 e. The maximum absolute atomic E-state index is 5.97. The van der Waals surface area contributed by atoms with Crippen molar-refractivity contribution in [3.63, 3.8) is 0 Å². The quantitative estimate of drug-likeness (QED) is 0.757. The number of aromatic nitrogens is 3. The highest BCUT2D eigenvalue weighted by Gasteiger charge is 2.24. The highest BCUT2D eigenvalue weighted by atomic mass is 16.5. The highest BCUT2D eigenvalue weighted by molar-refractivity contribution is 5.62. The van der Waals surface area contributed by atoms with Crippen molar-refractivity contribution in [1.82, 2.24) is 20.1 Å². The summed E-state index contributed by atoms with van der Waals surface area (Å²) in [6, 6.07) is 14.1. The monoisotopic (exact) mass is 349 g/mol. The summed E-state index contributed by atoms with van der Waals surface area (Å²) in [4.78, 5) is 6.98. The van der Waals surface area contributed by atoms with Crippen LogP contribution in [0.3, 0.4) is 0 Å². The first-order chi connectivity index (χ1) is 12.7. The minimum Gasteiger partial charge on any atom is -0.399 e. The van der Waals surface area contributed by atoms with E-state index in [1.54, 1.807) is 0 Å². The van der Waals surface area contributed by atoms with E-state index in [4.69, 9.17) is 10.5 Å². The fourth-order valence-electron chi connectivity index (χ4n) is 3.44. The Hall–Kier alpha value is -2.70. The van der Waals surface area contributed by atoms with E-state index in [-0.39, 0.29) is 6.10 Å². The van der Waals surface area contributed by atoms with Crippen molar-refractivity contribution >= 4 is 5.69 Å². The number of aryl methyl sites for hydroxylation is 1. The second kappa shape index (κ2) is 7.27. The lowest BCUT2D eigenvalue weighted by molar-refractivity contribution is -0.0349. The van der Waals surface area contributed by atoms with Crippen molar-refractivity contribution in [1.29, 1.82) is 0 Å². The SMILES string of the molecule is Cc1cc(N)cc([C@@H]2CN(Cc3cn[nH]c3-c3ccccc3)CCO2)n1. The van der Waals surface area contributed by atoms with Crippen LogP contribution >= 0.6 is 0 Å². The van der Waals surface area contributed by atoms with Gasteiger partial charge in [-0.25, -0.2) is 0 Å². The fraction of sp³-hybridized carbons (Fsp3) is 0.300. The molecule has 6 heteroatoms. The summed E-state index contributed by atoms with van der Waals surface area (Å²) in [6.07, 6.45) is 1.86. The largest absolute Gasteiger partial charge is 0.399 e. The van der Waals surface area contributed by atoms with Crippen LogP contribution in [0, 0.1) is 6.92 Å². The molecule has 1 aliphatic rings. The zero-order valence-electron chi connectivity index (χ0n) is 14.9. The van der Waals surface area contributed by atoms with Crippen molar-refractivity contribution in [3.8, 4) is 11.3 Å². The van der Waals surface area contributed by atoms with Gasteiger partial charge in [0.2, 0.25) is 0 Å². The Kier molecular flexibility index (Phi) is 4.69. The second-order valence-corrected chi connectivity index (χ2v) is 6.70. The number of pyridine rings is 1. The minimum atomic E-state index is -0.0574. The van der Waals surface area contributed by atoms with Crippen molar-refractivity contribution in [2.75, 3.05) is 25.4 Å². The van der Waals surface area contributed by atoms with Gasteiger partial charge in [-0.1, -0.05) is 30.3 Å². The summed E-state index contributed by atoms with van der Waals surface area (Å²) in [6.45, 7) is 5.13. The van der Waals surface area contributed by atoms with Crippen LogP contribution in [-0.2, 0) is 11.3 Å². The van der Waals surface area contributed by atoms with Crippen LogP contribution in [0.2, 0.25) is 0 Å². The molecular formula is C20H23N5O. The number of ether oxygens (including phenoxy) is 1. The van der Waals surface area contributed by atoms with E-state index in [2.05, 4.69) is 32.2 Å². The molecule has 3 heterocycles. The molecule has 1 fully saturated rings. The van der Waals surface area contributed by atoms with Crippen LogP contribution in [0.25, 0.3) is 11.3 Å². The lowest BCUT2D eigenvalue weighted by atomic mass is 10.1. The van der Waals surface area contributed by atoms with Crippen molar-refractivity contribution in [3.05, 3.63) is 65.6 Å². The van der Waals surface area contributed by atoms with Crippen LogP contribution in [0.15, 0.2) is 48.7 Å². The molecule has 4 rings (SSSR count). The summed E-state index contributed by atoms with van der Waals surface area (Å²) in [5, 5.41) is 7.39. The molecule has 0 amide bonds. The van der Waals surface area contributed by atoms with E-state index >= 15 is 0 Å². The van der Waals surface area contributed by atoms with Crippen LogP contribution in [0.1, 0.15) is 23.1 Å². The third-order valence-electron chi connectivity index (χ3n) is 4.65. The number of benzene rings is 1. The van der Waals surface area contributed by atoms with Gasteiger partial charge in [-0.15, -0.1) is 0 Å². The van der Waals surface area contributed by atoms with Crippen LogP contribution in [-0.4, -0.2) is 39.8 Å². The first-order valence-electron chi connectivity index (χ1n) is 8.85. The maximum atomic E-state index is 5.97. The van der Waals surface area contributed by atoms with Gasteiger partial charge in [-0.3, -0.25) is 15.0 Å². The molecule has 3 aromatic rings. The van der Waals surface area contributed by atoms with E-state index in [9.17, 15) is 0 Å². The Labute approximate surface area is 153 Å². The minimum absolute atomic E-state index is 0.0574. The molecule has 1 saturated heterocycles. The molecule has 0 spiro atoms. The van der Waals surface area contributed by atoms with E-state index in [1.807, 2.05) is 43.5 Å². The Morgan fingerprint density at radius 2 is 2.12 bits per heavy atom. The molecule has 134 valence electrons. The average molecular weight is 349 g/mol. The van der Waals surface area contributed by atoms with Crippen LogP contribution in [0.4, 0.5) is 5.69 Å². The average Bonchev–Trinajstić information content (AvgIpc) is 3.10. The summed E-state index contributed by atoms with van der Waals surface area (Å²) in [5.41, 5.74) is 11.9. The predicted molar refractivity (Wildman–Crippen MR) is 101 cm³/mol. The molecular weight excluding hydrogens is 326 g/mol. The van der Waals surface area contributed by atoms with Crippen molar-refractivity contribution in [2.24, 2.45) is 0 Å².